The van der Waals surface area contributed by atoms with Crippen molar-refractivity contribution in [1.82, 2.24) is 10.2 Å². The third kappa shape index (κ3) is 4.77. The van der Waals surface area contributed by atoms with Crippen molar-refractivity contribution in [2.45, 2.75) is 51.4 Å². The Morgan fingerprint density at radius 3 is 2.35 bits per heavy atom. The van der Waals surface area contributed by atoms with Crippen molar-refractivity contribution in [3.8, 4) is 0 Å². The quantitative estimate of drug-likeness (QED) is 0.843. The average molecular weight is 358 g/mol. The van der Waals surface area contributed by atoms with E-state index >= 15 is 0 Å². The number of hydrogen-bond donors (Lipinski definition) is 2. The average Bonchev–Trinajstić information content (AvgIpc) is 2.68. The largest absolute Gasteiger partial charge is 0.481 e. The summed E-state index contributed by atoms with van der Waals surface area (Å²) >= 11 is 0. The lowest BCUT2D eigenvalue weighted by Gasteiger charge is -2.39. The first-order valence-electron chi connectivity index (χ1n) is 9.88. The van der Waals surface area contributed by atoms with E-state index < -0.39 is 5.97 Å². The van der Waals surface area contributed by atoms with Crippen LogP contribution in [0.15, 0.2) is 30.3 Å². The van der Waals surface area contributed by atoms with Gasteiger partial charge in [0.15, 0.2) is 0 Å². The first kappa shape index (κ1) is 18.7. The molecule has 0 atom stereocenters. The second-order valence-corrected chi connectivity index (χ2v) is 7.98. The van der Waals surface area contributed by atoms with E-state index in [2.05, 4.69) is 29.6 Å². The van der Waals surface area contributed by atoms with Crippen LogP contribution in [0.2, 0.25) is 0 Å². The predicted octanol–water partition coefficient (Wildman–Crippen LogP) is 3.69. The van der Waals surface area contributed by atoms with Crippen molar-refractivity contribution < 1.29 is 14.7 Å². The second kappa shape index (κ2) is 8.56. The Morgan fingerprint density at radius 1 is 1.08 bits per heavy atom. The SMILES string of the molecule is O=C(O)C1CCN(C(=O)NCC2(Cc3ccccc3)CCCCC2)CC1. The molecule has 1 saturated carbocycles. The molecule has 1 aromatic carbocycles. The van der Waals surface area contributed by atoms with E-state index in [1.165, 1.54) is 24.8 Å². The fraction of sp³-hybridized carbons (Fsp3) is 0.619. The Morgan fingerprint density at radius 2 is 1.73 bits per heavy atom. The molecular formula is C21H30N2O3. The highest BCUT2D eigenvalue weighted by atomic mass is 16.4. The molecular weight excluding hydrogens is 328 g/mol. The van der Waals surface area contributed by atoms with E-state index in [1.807, 2.05) is 6.07 Å². The molecule has 1 aliphatic carbocycles. The minimum atomic E-state index is -0.742. The number of benzene rings is 1. The summed E-state index contributed by atoms with van der Waals surface area (Å²) in [5.41, 5.74) is 1.49. The van der Waals surface area contributed by atoms with Crippen LogP contribution in [0.4, 0.5) is 4.79 Å². The van der Waals surface area contributed by atoms with Gasteiger partial charge in [-0.2, -0.15) is 0 Å². The Kier molecular flexibility index (Phi) is 6.17. The number of urea groups is 1. The molecule has 2 fully saturated rings. The van der Waals surface area contributed by atoms with E-state index in [0.717, 1.165) is 19.3 Å². The molecule has 0 radical (unpaired) electrons. The Hall–Kier alpha value is -2.04. The molecule has 0 spiro atoms. The molecule has 5 heteroatoms. The number of carboxylic acid groups (broad SMARTS) is 1. The topological polar surface area (TPSA) is 69.6 Å². The molecule has 1 heterocycles. The van der Waals surface area contributed by atoms with Gasteiger partial charge in [0.25, 0.3) is 0 Å². The van der Waals surface area contributed by atoms with Crippen molar-refractivity contribution >= 4 is 12.0 Å². The number of aliphatic carboxylic acids is 1. The molecule has 1 aromatic rings. The van der Waals surface area contributed by atoms with Crippen LogP contribution in [0, 0.1) is 11.3 Å². The third-order valence-electron chi connectivity index (χ3n) is 6.08. The molecule has 2 aliphatic rings. The Labute approximate surface area is 155 Å². The number of carbonyl (C=O) groups excluding carboxylic acids is 1. The standard InChI is InChI=1S/C21H30N2O3/c24-19(25)18-9-13-23(14-10-18)20(26)22-16-21(11-5-2-6-12-21)15-17-7-3-1-4-8-17/h1,3-4,7-8,18H,2,5-6,9-16H2,(H,22,26)(H,24,25). The molecule has 3 rings (SSSR count). The van der Waals surface area contributed by atoms with Crippen LogP contribution in [0.1, 0.15) is 50.5 Å². The molecule has 0 aromatic heterocycles. The zero-order chi connectivity index (χ0) is 18.4. The fourth-order valence-electron chi connectivity index (χ4n) is 4.45. The van der Waals surface area contributed by atoms with Crippen LogP contribution in [0.25, 0.3) is 0 Å². The smallest absolute Gasteiger partial charge is 0.317 e. The van der Waals surface area contributed by atoms with Crippen LogP contribution < -0.4 is 5.32 Å². The van der Waals surface area contributed by atoms with Crippen LogP contribution in [0.3, 0.4) is 0 Å². The van der Waals surface area contributed by atoms with E-state index in [9.17, 15) is 9.59 Å². The summed E-state index contributed by atoms with van der Waals surface area (Å²) < 4.78 is 0. The number of carboxylic acids is 1. The maximum absolute atomic E-state index is 12.6. The molecule has 1 saturated heterocycles. The Bertz CT molecular complexity index is 603. The molecule has 0 unspecified atom stereocenters. The van der Waals surface area contributed by atoms with E-state index in [-0.39, 0.29) is 17.4 Å². The number of hydrogen-bond acceptors (Lipinski definition) is 2. The van der Waals surface area contributed by atoms with Gasteiger partial charge in [0, 0.05) is 19.6 Å². The summed E-state index contributed by atoms with van der Waals surface area (Å²) in [5.74, 6) is -1.05. The molecule has 1 aliphatic heterocycles. The van der Waals surface area contributed by atoms with E-state index in [1.54, 1.807) is 4.90 Å². The summed E-state index contributed by atoms with van der Waals surface area (Å²) in [6.07, 6.45) is 8.17. The second-order valence-electron chi connectivity index (χ2n) is 7.98. The van der Waals surface area contributed by atoms with Gasteiger partial charge in [-0.25, -0.2) is 4.79 Å². The highest BCUT2D eigenvalue weighted by Gasteiger charge is 2.34. The van der Waals surface area contributed by atoms with Crippen LogP contribution >= 0.6 is 0 Å². The molecule has 142 valence electrons. The first-order chi connectivity index (χ1) is 12.6. The number of nitrogens with zero attached hydrogens (tertiary/aromatic N) is 1. The van der Waals surface area contributed by atoms with Gasteiger partial charge in [-0.1, -0.05) is 49.6 Å². The van der Waals surface area contributed by atoms with Crippen molar-refractivity contribution in [1.29, 1.82) is 0 Å². The highest BCUT2D eigenvalue weighted by molar-refractivity contribution is 5.75. The molecule has 0 bridgehead atoms. The van der Waals surface area contributed by atoms with E-state index in [4.69, 9.17) is 5.11 Å². The lowest BCUT2D eigenvalue weighted by atomic mass is 9.70. The minimum Gasteiger partial charge on any atom is -0.481 e. The number of rotatable bonds is 5. The van der Waals surface area contributed by atoms with Crippen LogP contribution in [-0.4, -0.2) is 41.6 Å². The van der Waals surface area contributed by atoms with Crippen molar-refractivity contribution in [2.75, 3.05) is 19.6 Å². The van der Waals surface area contributed by atoms with Crippen LogP contribution in [0.5, 0.6) is 0 Å². The van der Waals surface area contributed by atoms with Crippen LogP contribution in [-0.2, 0) is 11.2 Å². The van der Waals surface area contributed by atoms with Gasteiger partial charge in [-0.3, -0.25) is 4.79 Å². The third-order valence-corrected chi connectivity index (χ3v) is 6.08. The first-order valence-corrected chi connectivity index (χ1v) is 9.88. The van der Waals surface area contributed by atoms with Crippen molar-refractivity contribution in [3.63, 3.8) is 0 Å². The monoisotopic (exact) mass is 358 g/mol. The minimum absolute atomic E-state index is 0.0353. The summed E-state index contributed by atoms with van der Waals surface area (Å²) in [7, 11) is 0. The van der Waals surface area contributed by atoms with Crippen molar-refractivity contribution in [2.24, 2.45) is 11.3 Å². The van der Waals surface area contributed by atoms with E-state index in [0.29, 0.717) is 32.5 Å². The molecule has 5 nitrogen and oxygen atoms in total. The van der Waals surface area contributed by atoms with Gasteiger partial charge < -0.3 is 15.3 Å². The van der Waals surface area contributed by atoms with Gasteiger partial charge in [-0.05, 0) is 43.1 Å². The maximum Gasteiger partial charge on any atom is 0.317 e. The lowest BCUT2D eigenvalue weighted by molar-refractivity contribution is -0.143. The normalized spacial score (nSPS) is 20.5. The summed E-state index contributed by atoms with van der Waals surface area (Å²) in [4.78, 5) is 25.4. The molecule has 2 amide bonds. The summed E-state index contributed by atoms with van der Waals surface area (Å²) in [6, 6.07) is 10.5. The van der Waals surface area contributed by atoms with Crippen molar-refractivity contribution in [3.05, 3.63) is 35.9 Å². The van der Waals surface area contributed by atoms with Gasteiger partial charge >= 0.3 is 12.0 Å². The number of carbonyl (C=O) groups is 2. The fourth-order valence-corrected chi connectivity index (χ4v) is 4.45. The number of likely N-dealkylation sites (tertiary alicyclic amines) is 1. The molecule has 26 heavy (non-hydrogen) atoms. The van der Waals surface area contributed by atoms with Gasteiger partial charge in [-0.15, -0.1) is 0 Å². The zero-order valence-electron chi connectivity index (χ0n) is 15.5. The lowest BCUT2D eigenvalue weighted by Crippen LogP contribution is -2.49. The zero-order valence-corrected chi connectivity index (χ0v) is 15.5. The number of nitrogens with one attached hydrogen (secondary N) is 1. The maximum atomic E-state index is 12.6. The predicted molar refractivity (Wildman–Crippen MR) is 101 cm³/mol. The summed E-state index contributed by atoms with van der Waals surface area (Å²) in [5, 5.41) is 12.3. The number of amides is 2. The highest BCUT2D eigenvalue weighted by Crippen LogP contribution is 2.38. The summed E-state index contributed by atoms with van der Waals surface area (Å²) in [6.45, 7) is 1.78. The number of piperidine rings is 1. The molecule has 2 N–H and O–H groups in total. The Balaban J connectivity index is 1.56. The van der Waals surface area contributed by atoms with Gasteiger partial charge in [0.1, 0.15) is 0 Å². The van der Waals surface area contributed by atoms with Gasteiger partial charge in [0.05, 0.1) is 5.92 Å². The van der Waals surface area contributed by atoms with Gasteiger partial charge in [0.2, 0.25) is 0 Å².